The Hall–Kier alpha value is -2.73. The summed E-state index contributed by atoms with van der Waals surface area (Å²) in [5, 5.41) is 3.25. The highest BCUT2D eigenvalue weighted by molar-refractivity contribution is 5.94. The molecule has 1 amide bonds. The predicted molar refractivity (Wildman–Crippen MR) is 115 cm³/mol. The summed E-state index contributed by atoms with van der Waals surface area (Å²) in [5.41, 5.74) is 1.79. The van der Waals surface area contributed by atoms with Gasteiger partial charge in [0.15, 0.2) is 0 Å². The lowest BCUT2D eigenvalue weighted by Gasteiger charge is -2.39. The van der Waals surface area contributed by atoms with E-state index in [1.54, 1.807) is 27.4 Å². The second kappa shape index (κ2) is 8.96. The van der Waals surface area contributed by atoms with Crippen molar-refractivity contribution in [1.29, 1.82) is 0 Å². The fourth-order valence-electron chi connectivity index (χ4n) is 4.89. The van der Waals surface area contributed by atoms with Gasteiger partial charge in [-0.3, -0.25) is 9.69 Å². The van der Waals surface area contributed by atoms with Crippen LogP contribution in [0, 0.1) is 0 Å². The zero-order chi connectivity index (χ0) is 21.1. The summed E-state index contributed by atoms with van der Waals surface area (Å²) in [6.07, 6.45) is 4.28. The summed E-state index contributed by atoms with van der Waals surface area (Å²) in [7, 11) is 5.01. The third-order valence-electron chi connectivity index (χ3n) is 6.39. The monoisotopic (exact) mass is 410 g/mol. The van der Waals surface area contributed by atoms with Crippen LogP contribution in [0.5, 0.6) is 17.2 Å². The van der Waals surface area contributed by atoms with Crippen LogP contribution < -0.4 is 19.5 Å². The Bertz CT molecular complexity index is 887. The first-order chi connectivity index (χ1) is 14.6. The minimum absolute atomic E-state index is 0.0267. The average molecular weight is 411 g/mol. The molecule has 160 valence electrons. The minimum Gasteiger partial charge on any atom is -0.497 e. The number of benzene rings is 2. The first kappa shape index (κ1) is 20.5. The maximum absolute atomic E-state index is 12.7. The van der Waals surface area contributed by atoms with Crippen molar-refractivity contribution in [1.82, 2.24) is 10.2 Å². The van der Waals surface area contributed by atoms with E-state index in [9.17, 15) is 4.79 Å². The van der Waals surface area contributed by atoms with Gasteiger partial charge in [-0.15, -0.1) is 0 Å². The molecule has 0 aliphatic carbocycles. The van der Waals surface area contributed by atoms with E-state index in [-0.39, 0.29) is 11.9 Å². The lowest BCUT2D eigenvalue weighted by Crippen LogP contribution is -2.50. The Kier molecular flexibility index (Phi) is 6.13. The van der Waals surface area contributed by atoms with Crippen LogP contribution >= 0.6 is 0 Å². The van der Waals surface area contributed by atoms with Crippen molar-refractivity contribution in [2.24, 2.45) is 0 Å². The summed E-state index contributed by atoms with van der Waals surface area (Å²) in [5.74, 6) is 2.41. The highest BCUT2D eigenvalue weighted by Crippen LogP contribution is 2.38. The van der Waals surface area contributed by atoms with Gasteiger partial charge in [-0.1, -0.05) is 6.07 Å². The number of nitrogens with one attached hydrogen (secondary N) is 1. The van der Waals surface area contributed by atoms with Crippen LogP contribution in [0.2, 0.25) is 0 Å². The SMILES string of the molecule is COc1cccc(C(=O)NC2CC3CCC(C2)N3Cc2cc(OC)ccc2OC)c1. The van der Waals surface area contributed by atoms with Crippen LogP contribution in [0.15, 0.2) is 42.5 Å². The molecule has 0 radical (unpaired) electrons. The predicted octanol–water partition coefficient (Wildman–Crippen LogP) is 3.64. The van der Waals surface area contributed by atoms with E-state index in [0.717, 1.165) is 36.4 Å². The van der Waals surface area contributed by atoms with Gasteiger partial charge in [-0.25, -0.2) is 0 Å². The van der Waals surface area contributed by atoms with E-state index in [4.69, 9.17) is 14.2 Å². The number of nitrogens with zero attached hydrogens (tertiary/aromatic N) is 1. The molecule has 2 fully saturated rings. The molecule has 1 N–H and O–H groups in total. The summed E-state index contributed by atoms with van der Waals surface area (Å²) < 4.78 is 16.2. The van der Waals surface area contributed by atoms with E-state index in [0.29, 0.717) is 23.4 Å². The summed E-state index contributed by atoms with van der Waals surface area (Å²) in [6, 6.07) is 14.4. The number of carbonyl (C=O) groups is 1. The molecular weight excluding hydrogens is 380 g/mol. The smallest absolute Gasteiger partial charge is 0.251 e. The first-order valence-electron chi connectivity index (χ1n) is 10.5. The van der Waals surface area contributed by atoms with Crippen molar-refractivity contribution in [3.8, 4) is 17.2 Å². The Balaban J connectivity index is 1.42. The second-order valence-electron chi connectivity index (χ2n) is 8.11. The van der Waals surface area contributed by atoms with Gasteiger partial charge < -0.3 is 19.5 Å². The Morgan fingerprint density at radius 2 is 1.67 bits per heavy atom. The van der Waals surface area contributed by atoms with E-state index < -0.39 is 0 Å². The van der Waals surface area contributed by atoms with Gasteiger partial charge in [-0.05, 0) is 62.1 Å². The molecule has 2 aromatic carbocycles. The van der Waals surface area contributed by atoms with Gasteiger partial charge >= 0.3 is 0 Å². The molecule has 2 unspecified atom stereocenters. The Morgan fingerprint density at radius 3 is 2.33 bits per heavy atom. The third kappa shape index (κ3) is 4.24. The van der Waals surface area contributed by atoms with Crippen molar-refractivity contribution in [3.63, 3.8) is 0 Å². The number of fused-ring (bicyclic) bond motifs is 2. The molecule has 2 saturated heterocycles. The summed E-state index contributed by atoms with van der Waals surface area (Å²) >= 11 is 0. The van der Waals surface area contributed by atoms with Gasteiger partial charge in [0.05, 0.1) is 21.3 Å². The number of amides is 1. The molecule has 2 heterocycles. The Morgan fingerprint density at radius 1 is 0.967 bits per heavy atom. The molecule has 2 bridgehead atoms. The Labute approximate surface area is 178 Å². The van der Waals surface area contributed by atoms with Gasteiger partial charge in [0, 0.05) is 35.8 Å². The zero-order valence-electron chi connectivity index (χ0n) is 17.9. The molecule has 2 aliphatic rings. The molecule has 2 atom stereocenters. The topological polar surface area (TPSA) is 60.0 Å². The number of carbonyl (C=O) groups excluding carboxylic acids is 1. The van der Waals surface area contributed by atoms with Crippen molar-refractivity contribution >= 4 is 5.91 Å². The van der Waals surface area contributed by atoms with Crippen LogP contribution in [-0.4, -0.2) is 50.3 Å². The summed E-state index contributed by atoms with van der Waals surface area (Å²) in [4.78, 5) is 15.3. The molecule has 4 rings (SSSR count). The van der Waals surface area contributed by atoms with Crippen LogP contribution in [-0.2, 0) is 6.54 Å². The normalized spacial score (nSPS) is 23.1. The number of methoxy groups -OCH3 is 3. The van der Waals surface area contributed by atoms with Crippen LogP contribution in [0.4, 0.5) is 0 Å². The minimum atomic E-state index is -0.0267. The maximum atomic E-state index is 12.7. The zero-order valence-corrected chi connectivity index (χ0v) is 17.9. The highest BCUT2D eigenvalue weighted by Gasteiger charge is 2.41. The van der Waals surface area contributed by atoms with Gasteiger partial charge in [0.1, 0.15) is 17.2 Å². The van der Waals surface area contributed by atoms with E-state index in [1.165, 1.54) is 12.8 Å². The van der Waals surface area contributed by atoms with Crippen molar-refractivity contribution in [3.05, 3.63) is 53.6 Å². The van der Waals surface area contributed by atoms with Crippen molar-refractivity contribution < 1.29 is 19.0 Å². The van der Waals surface area contributed by atoms with Gasteiger partial charge in [0.2, 0.25) is 0 Å². The number of rotatable bonds is 7. The lowest BCUT2D eigenvalue weighted by atomic mass is 9.96. The number of hydrogen-bond acceptors (Lipinski definition) is 5. The van der Waals surface area contributed by atoms with E-state index in [2.05, 4.69) is 16.3 Å². The standard InChI is InChI=1S/C24H30N2O4/c1-28-21-6-4-5-16(11-21)24(27)25-18-13-19-7-8-20(14-18)26(19)15-17-12-22(29-2)9-10-23(17)30-3/h4-6,9-12,18-20H,7-8,13-15H2,1-3H3,(H,25,27). The molecule has 6 nitrogen and oxygen atoms in total. The maximum Gasteiger partial charge on any atom is 0.251 e. The van der Waals surface area contributed by atoms with Crippen LogP contribution in [0.25, 0.3) is 0 Å². The quantitative estimate of drug-likeness (QED) is 0.755. The third-order valence-corrected chi connectivity index (χ3v) is 6.39. The van der Waals surface area contributed by atoms with Gasteiger partial charge in [-0.2, -0.15) is 0 Å². The largest absolute Gasteiger partial charge is 0.497 e. The fourth-order valence-corrected chi connectivity index (χ4v) is 4.89. The van der Waals surface area contributed by atoms with E-state index in [1.807, 2.05) is 30.3 Å². The lowest BCUT2D eigenvalue weighted by molar-refractivity contribution is 0.0825. The molecule has 0 aromatic heterocycles. The highest BCUT2D eigenvalue weighted by atomic mass is 16.5. The van der Waals surface area contributed by atoms with Crippen LogP contribution in [0.3, 0.4) is 0 Å². The molecule has 2 aromatic rings. The summed E-state index contributed by atoms with van der Waals surface area (Å²) in [6.45, 7) is 0.840. The molecule has 30 heavy (non-hydrogen) atoms. The molecule has 0 spiro atoms. The molecular formula is C24H30N2O4. The van der Waals surface area contributed by atoms with Crippen molar-refractivity contribution in [2.45, 2.75) is 50.4 Å². The fraction of sp³-hybridized carbons (Fsp3) is 0.458. The van der Waals surface area contributed by atoms with E-state index >= 15 is 0 Å². The van der Waals surface area contributed by atoms with Crippen LogP contribution in [0.1, 0.15) is 41.6 Å². The average Bonchev–Trinajstić information content (AvgIpc) is 3.01. The number of ether oxygens (including phenoxy) is 3. The van der Waals surface area contributed by atoms with Crippen molar-refractivity contribution in [2.75, 3.05) is 21.3 Å². The molecule has 2 aliphatic heterocycles. The number of hydrogen-bond donors (Lipinski definition) is 1. The number of piperidine rings is 1. The van der Waals surface area contributed by atoms with Gasteiger partial charge in [0.25, 0.3) is 5.91 Å². The second-order valence-corrected chi connectivity index (χ2v) is 8.11. The molecule has 6 heteroatoms. The molecule has 0 saturated carbocycles. The first-order valence-corrected chi connectivity index (χ1v) is 10.5.